The number of carbonyl (C=O) groups excluding carboxylic acids is 1. The summed E-state index contributed by atoms with van der Waals surface area (Å²) in [5, 5.41) is 10.8. The first-order chi connectivity index (χ1) is 9.60. The van der Waals surface area contributed by atoms with Crippen molar-refractivity contribution < 1.29 is 9.72 Å². The molecule has 0 amide bonds. The highest BCUT2D eigenvalue weighted by atomic mass is 16.6. The molecule has 1 fully saturated rings. The van der Waals surface area contributed by atoms with E-state index in [0.717, 1.165) is 56.3 Å². The topological polar surface area (TPSA) is 63.5 Å². The van der Waals surface area contributed by atoms with Crippen molar-refractivity contribution in [2.24, 2.45) is 5.92 Å². The van der Waals surface area contributed by atoms with Gasteiger partial charge in [-0.15, -0.1) is 0 Å². The predicted molar refractivity (Wildman–Crippen MR) is 76.8 cm³/mol. The third kappa shape index (κ3) is 3.63. The van der Waals surface area contributed by atoms with Crippen LogP contribution in [-0.2, 0) is 11.2 Å². The third-order valence-electron chi connectivity index (χ3n) is 4.07. The number of piperidine rings is 1. The van der Waals surface area contributed by atoms with Crippen LogP contribution in [0.15, 0.2) is 18.2 Å². The van der Waals surface area contributed by atoms with Crippen molar-refractivity contribution in [3.63, 3.8) is 0 Å². The molecule has 108 valence electrons. The van der Waals surface area contributed by atoms with Gasteiger partial charge in [0.1, 0.15) is 6.29 Å². The van der Waals surface area contributed by atoms with Crippen LogP contribution in [0.3, 0.4) is 0 Å². The summed E-state index contributed by atoms with van der Waals surface area (Å²) in [7, 11) is 0. The van der Waals surface area contributed by atoms with Gasteiger partial charge in [-0.2, -0.15) is 0 Å². The molecule has 0 atom stereocenters. The molecule has 0 aromatic heterocycles. The minimum atomic E-state index is -0.349. The molecule has 0 radical (unpaired) electrons. The minimum absolute atomic E-state index is 0.158. The Kier molecular flexibility index (Phi) is 4.84. The number of non-ortho nitro benzene ring substituents is 1. The van der Waals surface area contributed by atoms with Crippen molar-refractivity contribution in [1.29, 1.82) is 0 Å². The summed E-state index contributed by atoms with van der Waals surface area (Å²) < 4.78 is 0. The second-order valence-corrected chi connectivity index (χ2v) is 5.43. The average molecular weight is 276 g/mol. The molecule has 1 aromatic rings. The highest BCUT2D eigenvalue weighted by Gasteiger charge is 2.18. The smallest absolute Gasteiger partial charge is 0.269 e. The van der Waals surface area contributed by atoms with E-state index in [2.05, 4.69) is 4.90 Å². The molecule has 1 aromatic carbocycles. The lowest BCUT2D eigenvalue weighted by atomic mass is 9.98. The van der Waals surface area contributed by atoms with Gasteiger partial charge in [-0.1, -0.05) is 6.07 Å². The zero-order valence-corrected chi connectivity index (χ0v) is 11.7. The van der Waals surface area contributed by atoms with E-state index in [-0.39, 0.29) is 16.5 Å². The number of nitrogens with zero attached hydrogens (tertiary/aromatic N) is 2. The molecule has 0 saturated carbocycles. The number of benzene rings is 1. The van der Waals surface area contributed by atoms with Crippen molar-refractivity contribution in [2.75, 3.05) is 19.6 Å². The van der Waals surface area contributed by atoms with E-state index in [1.807, 2.05) is 13.0 Å². The van der Waals surface area contributed by atoms with Crippen molar-refractivity contribution in [1.82, 2.24) is 4.90 Å². The average Bonchev–Trinajstić information content (AvgIpc) is 2.46. The number of hydrogen-bond donors (Lipinski definition) is 0. The molecule has 0 unspecified atom stereocenters. The van der Waals surface area contributed by atoms with E-state index in [1.54, 1.807) is 12.1 Å². The van der Waals surface area contributed by atoms with E-state index in [4.69, 9.17) is 0 Å². The summed E-state index contributed by atoms with van der Waals surface area (Å²) in [6.45, 7) is 4.76. The van der Waals surface area contributed by atoms with Gasteiger partial charge in [0.15, 0.2) is 0 Å². The SMILES string of the molecule is Cc1ccc([N+](=O)[O-])cc1CCN1CCC(C=O)CC1. The number of rotatable bonds is 5. The molecule has 0 aliphatic carbocycles. The van der Waals surface area contributed by atoms with Gasteiger partial charge in [0.05, 0.1) is 4.92 Å². The van der Waals surface area contributed by atoms with E-state index in [1.165, 1.54) is 0 Å². The summed E-state index contributed by atoms with van der Waals surface area (Å²) in [6, 6.07) is 5.04. The van der Waals surface area contributed by atoms with Crippen LogP contribution in [0.5, 0.6) is 0 Å². The van der Waals surface area contributed by atoms with Gasteiger partial charge >= 0.3 is 0 Å². The van der Waals surface area contributed by atoms with Gasteiger partial charge in [0.2, 0.25) is 0 Å². The number of hydrogen-bond acceptors (Lipinski definition) is 4. The summed E-state index contributed by atoms with van der Waals surface area (Å²) in [5.41, 5.74) is 2.29. The predicted octanol–water partition coefficient (Wildman–Crippen LogP) is 2.36. The van der Waals surface area contributed by atoms with E-state index >= 15 is 0 Å². The highest BCUT2D eigenvalue weighted by molar-refractivity contribution is 5.53. The summed E-state index contributed by atoms with van der Waals surface area (Å²) in [5.74, 6) is 0.214. The maximum Gasteiger partial charge on any atom is 0.269 e. The molecule has 5 nitrogen and oxygen atoms in total. The largest absolute Gasteiger partial charge is 0.303 e. The first kappa shape index (κ1) is 14.7. The summed E-state index contributed by atoms with van der Waals surface area (Å²) in [4.78, 5) is 23.5. The van der Waals surface area contributed by atoms with Gasteiger partial charge in [0.25, 0.3) is 5.69 Å². The molecule has 2 rings (SSSR count). The molecule has 0 spiro atoms. The second kappa shape index (κ2) is 6.61. The van der Waals surface area contributed by atoms with Crippen LogP contribution in [0.2, 0.25) is 0 Å². The number of aldehydes is 1. The lowest BCUT2D eigenvalue weighted by molar-refractivity contribution is -0.384. The number of aryl methyl sites for hydroxylation is 1. The minimum Gasteiger partial charge on any atom is -0.303 e. The van der Waals surface area contributed by atoms with Crippen LogP contribution in [0.25, 0.3) is 0 Å². The van der Waals surface area contributed by atoms with E-state index in [0.29, 0.717) is 0 Å². The molecule has 1 aliphatic rings. The van der Waals surface area contributed by atoms with Crippen molar-refractivity contribution in [3.05, 3.63) is 39.4 Å². The maximum atomic E-state index is 10.8. The Hall–Kier alpha value is -1.75. The number of carbonyl (C=O) groups is 1. The Morgan fingerprint density at radius 3 is 2.70 bits per heavy atom. The first-order valence-electron chi connectivity index (χ1n) is 7.01. The van der Waals surface area contributed by atoms with E-state index < -0.39 is 0 Å². The molecule has 1 saturated heterocycles. The van der Waals surface area contributed by atoms with Crippen LogP contribution < -0.4 is 0 Å². The lowest BCUT2D eigenvalue weighted by Crippen LogP contribution is -2.35. The first-order valence-corrected chi connectivity index (χ1v) is 7.01. The fraction of sp³-hybridized carbons (Fsp3) is 0.533. The molecule has 0 bridgehead atoms. The Labute approximate surface area is 118 Å². The molecule has 5 heteroatoms. The van der Waals surface area contributed by atoms with Crippen molar-refractivity contribution >= 4 is 12.0 Å². The Morgan fingerprint density at radius 2 is 2.10 bits per heavy atom. The van der Waals surface area contributed by atoms with E-state index in [9.17, 15) is 14.9 Å². The van der Waals surface area contributed by atoms with Gasteiger partial charge in [0, 0.05) is 24.6 Å². The summed E-state index contributed by atoms with van der Waals surface area (Å²) >= 11 is 0. The molecular weight excluding hydrogens is 256 g/mol. The lowest BCUT2D eigenvalue weighted by Gasteiger charge is -2.29. The highest BCUT2D eigenvalue weighted by Crippen LogP contribution is 2.19. The zero-order chi connectivity index (χ0) is 14.5. The normalized spacial score (nSPS) is 17.1. The maximum absolute atomic E-state index is 10.8. The van der Waals surface area contributed by atoms with Gasteiger partial charge in [-0.25, -0.2) is 0 Å². The molecule has 1 heterocycles. The number of nitro benzene ring substituents is 1. The van der Waals surface area contributed by atoms with Gasteiger partial charge in [-0.05, 0) is 50.4 Å². The monoisotopic (exact) mass is 276 g/mol. The number of likely N-dealkylation sites (tertiary alicyclic amines) is 1. The van der Waals surface area contributed by atoms with Crippen LogP contribution >= 0.6 is 0 Å². The molecule has 20 heavy (non-hydrogen) atoms. The quantitative estimate of drug-likeness (QED) is 0.470. The van der Waals surface area contributed by atoms with Gasteiger partial charge in [-0.3, -0.25) is 10.1 Å². The van der Waals surface area contributed by atoms with Crippen LogP contribution in [0.4, 0.5) is 5.69 Å². The third-order valence-corrected chi connectivity index (χ3v) is 4.07. The standard InChI is InChI=1S/C15H20N2O3/c1-12-2-3-15(17(19)20)10-14(12)6-9-16-7-4-13(11-18)5-8-16/h2-3,10-11,13H,4-9H2,1H3. The fourth-order valence-corrected chi connectivity index (χ4v) is 2.63. The van der Waals surface area contributed by atoms with Crippen molar-refractivity contribution in [3.8, 4) is 0 Å². The second-order valence-electron chi connectivity index (χ2n) is 5.43. The van der Waals surface area contributed by atoms with Crippen LogP contribution in [0.1, 0.15) is 24.0 Å². The molecular formula is C15H20N2O3. The number of nitro groups is 1. The van der Waals surface area contributed by atoms with Crippen LogP contribution in [-0.4, -0.2) is 35.7 Å². The zero-order valence-electron chi connectivity index (χ0n) is 11.7. The summed E-state index contributed by atoms with van der Waals surface area (Å²) in [6.07, 6.45) is 3.73. The van der Waals surface area contributed by atoms with Crippen molar-refractivity contribution in [2.45, 2.75) is 26.2 Å². The van der Waals surface area contributed by atoms with Gasteiger partial charge < -0.3 is 9.69 Å². The Bertz CT molecular complexity index is 494. The Morgan fingerprint density at radius 1 is 1.40 bits per heavy atom. The molecule has 1 aliphatic heterocycles. The fourth-order valence-electron chi connectivity index (χ4n) is 2.63. The van der Waals surface area contributed by atoms with Crippen LogP contribution in [0, 0.1) is 23.0 Å². The Balaban J connectivity index is 1.92. The molecule has 0 N–H and O–H groups in total.